The summed E-state index contributed by atoms with van der Waals surface area (Å²) in [5, 5.41) is 7.64. The van der Waals surface area contributed by atoms with E-state index in [4.69, 9.17) is 0 Å². The second-order valence-electron chi connectivity index (χ2n) is 6.46. The van der Waals surface area contributed by atoms with E-state index in [-0.39, 0.29) is 0 Å². The maximum absolute atomic E-state index is 3.89. The van der Waals surface area contributed by atoms with Crippen molar-refractivity contribution < 1.29 is 0 Å². The van der Waals surface area contributed by atoms with Gasteiger partial charge < -0.3 is 10.6 Å². The summed E-state index contributed by atoms with van der Waals surface area (Å²) in [6.45, 7) is 8.23. The molecule has 0 aromatic heterocycles. The van der Waals surface area contributed by atoms with E-state index < -0.39 is 0 Å². The normalized spacial score (nSPS) is 36.4. The van der Waals surface area contributed by atoms with E-state index in [1.807, 2.05) is 0 Å². The van der Waals surface area contributed by atoms with Crippen LogP contribution in [0.3, 0.4) is 0 Å². The van der Waals surface area contributed by atoms with Crippen LogP contribution < -0.4 is 10.6 Å². The molecule has 4 unspecified atom stereocenters. The van der Waals surface area contributed by atoms with Crippen molar-refractivity contribution in [1.29, 1.82) is 0 Å². The topological polar surface area (TPSA) is 24.1 Å². The molecule has 1 saturated heterocycles. The summed E-state index contributed by atoms with van der Waals surface area (Å²) in [5.74, 6) is 1.63. The maximum atomic E-state index is 3.89. The van der Waals surface area contributed by atoms with Crippen LogP contribution in [-0.4, -0.2) is 24.7 Å². The average Bonchev–Trinajstić information content (AvgIpc) is 2.78. The lowest BCUT2D eigenvalue weighted by Crippen LogP contribution is -2.49. The molecule has 4 atom stereocenters. The first-order valence-corrected chi connectivity index (χ1v) is 7.68. The summed E-state index contributed by atoms with van der Waals surface area (Å²) in [4.78, 5) is 0. The molecule has 1 aliphatic carbocycles. The Kier molecular flexibility index (Phi) is 4.87. The van der Waals surface area contributed by atoms with Gasteiger partial charge in [-0.15, -0.1) is 0 Å². The summed E-state index contributed by atoms with van der Waals surface area (Å²) in [6, 6.07) is 2.22. The van der Waals surface area contributed by atoms with Crippen LogP contribution in [0.15, 0.2) is 0 Å². The highest BCUT2D eigenvalue weighted by Crippen LogP contribution is 2.32. The largest absolute Gasteiger partial charge is 0.314 e. The summed E-state index contributed by atoms with van der Waals surface area (Å²) in [5.41, 5.74) is 0. The molecule has 0 aromatic rings. The van der Waals surface area contributed by atoms with Crippen LogP contribution in [0, 0.1) is 11.8 Å². The number of hydrogen-bond donors (Lipinski definition) is 2. The van der Waals surface area contributed by atoms with E-state index >= 15 is 0 Å². The summed E-state index contributed by atoms with van der Waals surface area (Å²) in [7, 11) is 0. The van der Waals surface area contributed by atoms with Gasteiger partial charge in [-0.1, -0.05) is 26.7 Å². The highest BCUT2D eigenvalue weighted by Gasteiger charge is 2.34. The van der Waals surface area contributed by atoms with Gasteiger partial charge in [-0.25, -0.2) is 0 Å². The second kappa shape index (κ2) is 6.19. The standard InChI is InChI=1S/C15H30N2/c1-11(2)12(3)17-15-9-6-7-13(15)14-8-4-5-10-16-14/h11-17H,4-10H2,1-3H3. The van der Waals surface area contributed by atoms with Gasteiger partial charge in [0.2, 0.25) is 0 Å². The predicted octanol–water partition coefficient (Wildman–Crippen LogP) is 2.93. The van der Waals surface area contributed by atoms with Gasteiger partial charge in [0.15, 0.2) is 0 Å². The fourth-order valence-corrected chi connectivity index (χ4v) is 3.45. The average molecular weight is 238 g/mol. The van der Waals surface area contributed by atoms with E-state index in [0.717, 1.165) is 23.9 Å². The van der Waals surface area contributed by atoms with Crippen molar-refractivity contribution >= 4 is 0 Å². The highest BCUT2D eigenvalue weighted by molar-refractivity contribution is 4.93. The lowest BCUT2D eigenvalue weighted by atomic mass is 9.87. The van der Waals surface area contributed by atoms with Crippen molar-refractivity contribution in [3.05, 3.63) is 0 Å². The molecule has 100 valence electrons. The fraction of sp³-hybridized carbons (Fsp3) is 1.00. The molecule has 2 N–H and O–H groups in total. The molecule has 17 heavy (non-hydrogen) atoms. The van der Waals surface area contributed by atoms with E-state index in [1.54, 1.807) is 0 Å². The molecular formula is C15H30N2. The molecule has 2 fully saturated rings. The molecule has 0 spiro atoms. The van der Waals surface area contributed by atoms with Gasteiger partial charge in [-0.2, -0.15) is 0 Å². The van der Waals surface area contributed by atoms with Crippen LogP contribution in [0.2, 0.25) is 0 Å². The first kappa shape index (κ1) is 13.4. The van der Waals surface area contributed by atoms with E-state index in [1.165, 1.54) is 45.1 Å². The first-order chi connectivity index (χ1) is 8.18. The van der Waals surface area contributed by atoms with Crippen molar-refractivity contribution in [2.75, 3.05) is 6.54 Å². The summed E-state index contributed by atoms with van der Waals surface area (Å²) < 4.78 is 0. The van der Waals surface area contributed by atoms with Crippen molar-refractivity contribution in [1.82, 2.24) is 10.6 Å². The van der Waals surface area contributed by atoms with Crippen LogP contribution in [-0.2, 0) is 0 Å². The first-order valence-electron chi connectivity index (χ1n) is 7.68. The van der Waals surface area contributed by atoms with Gasteiger partial charge in [-0.3, -0.25) is 0 Å². The second-order valence-corrected chi connectivity index (χ2v) is 6.46. The molecule has 0 aromatic carbocycles. The number of piperidine rings is 1. The molecule has 0 bridgehead atoms. The third-order valence-corrected chi connectivity index (χ3v) is 4.91. The maximum Gasteiger partial charge on any atom is 0.0113 e. The Bertz CT molecular complexity index is 221. The fourth-order valence-electron chi connectivity index (χ4n) is 3.45. The van der Waals surface area contributed by atoms with E-state index in [0.29, 0.717) is 6.04 Å². The summed E-state index contributed by atoms with van der Waals surface area (Å²) in [6.07, 6.45) is 8.45. The third kappa shape index (κ3) is 3.45. The molecule has 0 amide bonds. The Morgan fingerprint density at radius 1 is 1.00 bits per heavy atom. The van der Waals surface area contributed by atoms with Gasteiger partial charge in [0, 0.05) is 18.1 Å². The van der Waals surface area contributed by atoms with Gasteiger partial charge in [0.05, 0.1) is 0 Å². The molecule has 1 saturated carbocycles. The van der Waals surface area contributed by atoms with Gasteiger partial charge in [0.25, 0.3) is 0 Å². The van der Waals surface area contributed by atoms with Gasteiger partial charge in [-0.05, 0) is 51.0 Å². The predicted molar refractivity (Wildman–Crippen MR) is 74.2 cm³/mol. The Labute approximate surface area is 107 Å². The minimum absolute atomic E-state index is 0.657. The molecule has 2 nitrogen and oxygen atoms in total. The zero-order valence-electron chi connectivity index (χ0n) is 11.8. The zero-order valence-corrected chi connectivity index (χ0v) is 11.8. The quantitative estimate of drug-likeness (QED) is 0.787. The lowest BCUT2D eigenvalue weighted by molar-refractivity contribution is 0.237. The van der Waals surface area contributed by atoms with Crippen LogP contribution >= 0.6 is 0 Å². The number of nitrogens with one attached hydrogen (secondary N) is 2. The Hall–Kier alpha value is -0.0800. The van der Waals surface area contributed by atoms with Gasteiger partial charge >= 0.3 is 0 Å². The highest BCUT2D eigenvalue weighted by atomic mass is 15.0. The molecular weight excluding hydrogens is 208 g/mol. The van der Waals surface area contributed by atoms with Crippen LogP contribution in [0.1, 0.15) is 59.3 Å². The number of hydrogen-bond acceptors (Lipinski definition) is 2. The van der Waals surface area contributed by atoms with E-state index in [9.17, 15) is 0 Å². The van der Waals surface area contributed by atoms with Crippen LogP contribution in [0.25, 0.3) is 0 Å². The summed E-state index contributed by atoms with van der Waals surface area (Å²) >= 11 is 0. The molecule has 1 heterocycles. The Balaban J connectivity index is 1.87. The lowest BCUT2D eigenvalue weighted by Gasteiger charge is -2.35. The van der Waals surface area contributed by atoms with E-state index in [2.05, 4.69) is 31.4 Å². The smallest absolute Gasteiger partial charge is 0.0113 e. The van der Waals surface area contributed by atoms with Gasteiger partial charge in [0.1, 0.15) is 0 Å². The Morgan fingerprint density at radius 3 is 2.47 bits per heavy atom. The van der Waals surface area contributed by atoms with Crippen LogP contribution in [0.4, 0.5) is 0 Å². The van der Waals surface area contributed by atoms with Crippen molar-refractivity contribution in [3.63, 3.8) is 0 Å². The number of rotatable bonds is 4. The molecule has 2 heteroatoms. The van der Waals surface area contributed by atoms with Crippen molar-refractivity contribution in [2.24, 2.45) is 11.8 Å². The van der Waals surface area contributed by atoms with Crippen molar-refractivity contribution in [3.8, 4) is 0 Å². The van der Waals surface area contributed by atoms with Crippen LogP contribution in [0.5, 0.6) is 0 Å². The molecule has 1 aliphatic heterocycles. The zero-order chi connectivity index (χ0) is 12.3. The SMILES string of the molecule is CC(C)C(C)NC1CCCC1C1CCCCN1. The minimum Gasteiger partial charge on any atom is -0.314 e. The Morgan fingerprint density at radius 2 is 1.82 bits per heavy atom. The van der Waals surface area contributed by atoms with Crippen molar-refractivity contribution in [2.45, 2.75) is 77.4 Å². The molecule has 2 rings (SSSR count). The molecule has 0 radical (unpaired) electrons. The minimum atomic E-state index is 0.657. The molecule has 2 aliphatic rings. The third-order valence-electron chi connectivity index (χ3n) is 4.91. The monoisotopic (exact) mass is 238 g/mol.